The van der Waals surface area contributed by atoms with Crippen LogP contribution in [0.15, 0.2) is 42.5 Å². The predicted octanol–water partition coefficient (Wildman–Crippen LogP) is 6.23. The summed E-state index contributed by atoms with van der Waals surface area (Å²) in [4.78, 5) is 33.7. The number of nitrogen functional groups attached to an aromatic ring is 1. The number of aromatic nitrogens is 4. The lowest BCUT2D eigenvalue weighted by Crippen LogP contribution is -2.37. The van der Waals surface area contributed by atoms with Crippen LogP contribution in [0.2, 0.25) is 5.02 Å². The van der Waals surface area contributed by atoms with Crippen LogP contribution < -0.4 is 11.1 Å². The zero-order chi connectivity index (χ0) is 32.4. The van der Waals surface area contributed by atoms with Gasteiger partial charge in [-0.3, -0.25) is 14.3 Å². The van der Waals surface area contributed by atoms with Gasteiger partial charge in [-0.15, -0.1) is 0 Å². The minimum Gasteiger partial charge on any atom is -0.481 e. The molecule has 2 aromatic heterocycles. The molecule has 4 aromatic rings. The molecule has 4 N–H and O–H groups in total. The van der Waals surface area contributed by atoms with Crippen molar-refractivity contribution in [3.05, 3.63) is 64.2 Å². The van der Waals surface area contributed by atoms with Crippen molar-refractivity contribution in [1.82, 2.24) is 19.7 Å². The number of nitrogens with two attached hydrogens (primary N) is 1. The quantitative estimate of drug-likeness (QED) is 0.195. The maximum atomic E-state index is 13.7. The van der Waals surface area contributed by atoms with Crippen LogP contribution in [-0.2, 0) is 28.0 Å². The van der Waals surface area contributed by atoms with Crippen molar-refractivity contribution >= 4 is 46.0 Å². The van der Waals surface area contributed by atoms with Gasteiger partial charge in [-0.2, -0.15) is 27.1 Å². The second kappa shape index (κ2) is 10.4. The van der Waals surface area contributed by atoms with Gasteiger partial charge in [0.25, 0.3) is 0 Å². The first-order chi connectivity index (χ1) is 20.3. The van der Waals surface area contributed by atoms with Gasteiger partial charge in [0.1, 0.15) is 22.7 Å². The Hall–Kier alpha value is -4.33. The van der Waals surface area contributed by atoms with Crippen molar-refractivity contribution in [2.75, 3.05) is 11.1 Å². The van der Waals surface area contributed by atoms with Crippen LogP contribution in [0.25, 0.3) is 22.4 Å². The summed E-state index contributed by atoms with van der Waals surface area (Å²) >= 11 is 6.08. The third-order valence-corrected chi connectivity index (χ3v) is 8.09. The number of alkyl halides is 5. The Morgan fingerprint density at radius 1 is 1.09 bits per heavy atom. The number of halogens is 6. The van der Waals surface area contributed by atoms with Crippen molar-refractivity contribution in [3.63, 3.8) is 0 Å². The fraction of sp³-hybridized carbons (Fsp3) is 0.345. The second-order valence-corrected chi connectivity index (χ2v) is 11.9. The Labute approximate surface area is 252 Å². The zero-order valence-corrected chi connectivity index (χ0v) is 24.3. The molecule has 1 aliphatic rings. The first-order valence-electron chi connectivity index (χ1n) is 13.3. The number of hydrogen-bond donors (Lipinski definition) is 3. The van der Waals surface area contributed by atoms with E-state index in [1.54, 1.807) is 45.0 Å². The number of carbonyl (C=O) groups is 2. The van der Waals surface area contributed by atoms with Gasteiger partial charge in [0.15, 0.2) is 5.82 Å². The molecule has 0 aliphatic carbocycles. The summed E-state index contributed by atoms with van der Waals surface area (Å²) in [5.74, 6) is -6.44. The van der Waals surface area contributed by atoms with Gasteiger partial charge in [-0.1, -0.05) is 35.9 Å². The molecule has 1 atom stereocenters. The monoisotopic (exact) mass is 636 g/mol. The molecule has 1 amide bonds. The highest BCUT2D eigenvalue weighted by atomic mass is 35.5. The van der Waals surface area contributed by atoms with Crippen LogP contribution in [0.5, 0.6) is 0 Å². The Balaban J connectivity index is 1.53. The first-order valence-corrected chi connectivity index (χ1v) is 13.7. The lowest BCUT2D eigenvalue weighted by molar-refractivity contribution is -0.285. The van der Waals surface area contributed by atoms with E-state index in [4.69, 9.17) is 17.3 Å². The average molecular weight is 637 g/mol. The van der Waals surface area contributed by atoms with E-state index in [1.807, 2.05) is 0 Å². The van der Waals surface area contributed by atoms with Gasteiger partial charge in [0, 0.05) is 23.4 Å². The van der Waals surface area contributed by atoms with Crippen LogP contribution >= 0.6 is 11.6 Å². The lowest BCUT2D eigenvalue weighted by atomic mass is 9.77. The van der Waals surface area contributed by atoms with E-state index in [0.717, 1.165) is 10.2 Å². The summed E-state index contributed by atoms with van der Waals surface area (Å²) in [7, 11) is 0. The molecule has 0 bridgehead atoms. The van der Waals surface area contributed by atoms with Crippen LogP contribution in [0.1, 0.15) is 43.9 Å². The van der Waals surface area contributed by atoms with Gasteiger partial charge < -0.3 is 16.2 Å². The number of rotatable bonds is 8. The highest BCUT2D eigenvalue weighted by Crippen LogP contribution is 2.46. The number of carbonyl (C=O) groups excluding carboxylic acids is 1. The van der Waals surface area contributed by atoms with Crippen molar-refractivity contribution in [1.29, 1.82) is 0 Å². The topological polar surface area (TPSA) is 136 Å². The minimum absolute atomic E-state index is 0.0368. The Morgan fingerprint density at radius 3 is 2.36 bits per heavy atom. The molecule has 5 rings (SSSR count). The Morgan fingerprint density at radius 2 is 1.75 bits per heavy atom. The minimum atomic E-state index is -5.73. The fourth-order valence-electron chi connectivity index (χ4n) is 5.20. The normalized spacial score (nSPS) is 17.2. The molecule has 232 valence electrons. The molecule has 9 nitrogen and oxygen atoms in total. The highest BCUT2D eigenvalue weighted by Gasteiger charge is 2.57. The van der Waals surface area contributed by atoms with Crippen molar-refractivity contribution in [2.45, 2.75) is 57.7 Å². The molecular formula is C29H26ClF5N6O3. The number of carboxylic acid groups (broad SMARTS) is 1. The smallest absolute Gasteiger partial charge is 0.453 e. The third kappa shape index (κ3) is 5.20. The standard InChI is InChI=1S/C29H26ClF5N6O3/c1-26(2,25(43)44)13-14-4-6-15(7-5-14)27(3)19-21(36)37-23(38-22(19)39-24(27)42)20-17-9-8-16(30)12-18(17)41(40-20)11-10-28(31,32)29(33,34)35/h4-9,12H,10-11,13H2,1-3H3,(H,43,44)(H3,36,37,38,39,42)/t27-/m0/s1. The number of aliphatic carboxylic acids is 1. The number of nitrogens with one attached hydrogen (secondary N) is 1. The summed E-state index contributed by atoms with van der Waals surface area (Å²) in [6.07, 6.45) is -7.03. The molecule has 0 saturated heterocycles. The SMILES string of the molecule is CC(C)(Cc1ccc([C@]2(C)C(=O)Nc3nc(-c4nn(CCC(F)(F)C(F)(F)F)c5cc(Cl)ccc45)nc(N)c32)cc1)C(=O)O. The van der Waals surface area contributed by atoms with Gasteiger partial charge in [0.05, 0.1) is 16.5 Å². The van der Waals surface area contributed by atoms with Crippen molar-refractivity contribution < 1.29 is 36.6 Å². The number of anilines is 2. The van der Waals surface area contributed by atoms with Crippen LogP contribution in [-0.4, -0.2) is 48.8 Å². The highest BCUT2D eigenvalue weighted by molar-refractivity contribution is 6.31. The number of hydrogen-bond acceptors (Lipinski definition) is 6. The van der Waals surface area contributed by atoms with Gasteiger partial charge in [-0.25, -0.2) is 9.97 Å². The van der Waals surface area contributed by atoms with Crippen molar-refractivity contribution in [2.24, 2.45) is 5.41 Å². The van der Waals surface area contributed by atoms with E-state index in [2.05, 4.69) is 20.4 Å². The van der Waals surface area contributed by atoms with E-state index in [-0.39, 0.29) is 45.7 Å². The maximum Gasteiger partial charge on any atom is 0.453 e. The van der Waals surface area contributed by atoms with Gasteiger partial charge in [0.2, 0.25) is 5.91 Å². The molecular weight excluding hydrogens is 611 g/mol. The summed E-state index contributed by atoms with van der Waals surface area (Å²) < 4.78 is 66.8. The molecule has 0 spiro atoms. The number of nitrogens with zero attached hydrogens (tertiary/aromatic N) is 4. The zero-order valence-electron chi connectivity index (χ0n) is 23.6. The summed E-state index contributed by atoms with van der Waals surface area (Å²) in [6, 6.07) is 11.2. The van der Waals surface area contributed by atoms with Crippen LogP contribution in [0, 0.1) is 5.41 Å². The van der Waals surface area contributed by atoms with Crippen LogP contribution in [0.4, 0.5) is 33.6 Å². The molecule has 0 unspecified atom stereocenters. The molecule has 44 heavy (non-hydrogen) atoms. The van der Waals surface area contributed by atoms with Crippen LogP contribution in [0.3, 0.4) is 0 Å². The van der Waals surface area contributed by atoms with E-state index in [0.29, 0.717) is 10.9 Å². The van der Waals surface area contributed by atoms with E-state index in [1.165, 1.54) is 18.2 Å². The third-order valence-electron chi connectivity index (χ3n) is 7.86. The molecule has 1 aliphatic heterocycles. The summed E-state index contributed by atoms with van der Waals surface area (Å²) in [5, 5.41) is 16.9. The fourth-order valence-corrected chi connectivity index (χ4v) is 5.37. The van der Waals surface area contributed by atoms with Gasteiger partial charge in [-0.05, 0) is 56.5 Å². The lowest BCUT2D eigenvalue weighted by Gasteiger charge is -2.24. The molecule has 3 heterocycles. The Kier molecular flexibility index (Phi) is 7.35. The number of carboxylic acids is 1. The molecule has 15 heteroatoms. The summed E-state index contributed by atoms with van der Waals surface area (Å²) in [5.41, 5.74) is 5.84. The largest absolute Gasteiger partial charge is 0.481 e. The number of amides is 1. The first kappa shape index (κ1) is 31.1. The molecule has 0 radical (unpaired) electrons. The second-order valence-electron chi connectivity index (χ2n) is 11.5. The van der Waals surface area contributed by atoms with E-state index < -0.39 is 47.8 Å². The molecule has 0 saturated carbocycles. The molecule has 0 fully saturated rings. The Bertz CT molecular complexity index is 1810. The van der Waals surface area contributed by atoms with E-state index in [9.17, 15) is 36.6 Å². The maximum absolute atomic E-state index is 13.7. The number of benzene rings is 2. The van der Waals surface area contributed by atoms with Gasteiger partial charge >= 0.3 is 18.1 Å². The molecule has 2 aromatic carbocycles. The number of fused-ring (bicyclic) bond motifs is 2. The van der Waals surface area contributed by atoms with E-state index >= 15 is 0 Å². The predicted molar refractivity (Wildman–Crippen MR) is 152 cm³/mol. The summed E-state index contributed by atoms with van der Waals surface area (Å²) in [6.45, 7) is 4.06. The number of aryl methyl sites for hydroxylation is 1. The average Bonchev–Trinajstić information content (AvgIpc) is 3.41. The van der Waals surface area contributed by atoms with Crippen molar-refractivity contribution in [3.8, 4) is 11.5 Å².